The quantitative estimate of drug-likeness (QED) is 0.848. The Morgan fingerprint density at radius 3 is 2.39 bits per heavy atom. The molecule has 2 aliphatic rings. The fourth-order valence-corrected chi connectivity index (χ4v) is 3.99. The monoisotopic (exact) mass is 335 g/mol. The smallest absolute Gasteiger partial charge is 0.219 e. The van der Waals surface area contributed by atoms with Crippen LogP contribution in [0.5, 0.6) is 0 Å². The largest absolute Gasteiger partial charge is 0.340 e. The third-order valence-corrected chi connectivity index (χ3v) is 5.45. The van der Waals surface area contributed by atoms with Crippen LogP contribution in [0.1, 0.15) is 19.4 Å². The van der Waals surface area contributed by atoms with Crippen LogP contribution in [-0.4, -0.2) is 65.9 Å². The molecule has 1 aromatic rings. The molecule has 0 aromatic heterocycles. The highest BCUT2D eigenvalue weighted by Crippen LogP contribution is 2.24. The van der Waals surface area contributed by atoms with Gasteiger partial charge in [-0.05, 0) is 23.6 Å². The minimum Gasteiger partial charge on any atom is -0.340 e. The summed E-state index contributed by atoms with van der Waals surface area (Å²) >= 11 is 5.96. The maximum Gasteiger partial charge on any atom is 0.219 e. The number of piperazine rings is 1. The van der Waals surface area contributed by atoms with Crippen LogP contribution in [0.15, 0.2) is 24.3 Å². The van der Waals surface area contributed by atoms with Crippen LogP contribution in [-0.2, 0) is 11.3 Å². The van der Waals surface area contributed by atoms with Gasteiger partial charge in [-0.1, -0.05) is 30.7 Å². The molecule has 0 spiro atoms. The van der Waals surface area contributed by atoms with E-state index in [-0.39, 0.29) is 5.91 Å². The number of carbonyl (C=O) groups excluding carboxylic acids is 1. The van der Waals surface area contributed by atoms with Crippen molar-refractivity contribution in [3.63, 3.8) is 0 Å². The van der Waals surface area contributed by atoms with E-state index in [1.54, 1.807) is 6.92 Å². The molecule has 3 rings (SSSR count). The maximum atomic E-state index is 11.5. The average Bonchev–Trinajstić information content (AvgIpc) is 2.90. The highest BCUT2D eigenvalue weighted by Gasteiger charge is 2.35. The maximum absolute atomic E-state index is 11.5. The predicted octanol–water partition coefficient (Wildman–Crippen LogP) is 2.32. The number of benzene rings is 1. The summed E-state index contributed by atoms with van der Waals surface area (Å²) in [6, 6.07) is 8.78. The highest BCUT2D eigenvalue weighted by molar-refractivity contribution is 6.30. The van der Waals surface area contributed by atoms with Crippen LogP contribution in [0.3, 0.4) is 0 Å². The fourth-order valence-electron chi connectivity index (χ4n) is 3.87. The second kappa shape index (κ2) is 7.20. The summed E-state index contributed by atoms with van der Waals surface area (Å²) in [5.74, 6) is 0.875. The van der Waals surface area contributed by atoms with Crippen molar-refractivity contribution in [2.75, 3.05) is 39.3 Å². The topological polar surface area (TPSA) is 26.8 Å². The molecular weight excluding hydrogens is 310 g/mol. The normalized spacial score (nSPS) is 26.7. The van der Waals surface area contributed by atoms with Gasteiger partial charge in [0.05, 0.1) is 0 Å². The Morgan fingerprint density at radius 2 is 1.78 bits per heavy atom. The van der Waals surface area contributed by atoms with Crippen LogP contribution >= 0.6 is 11.6 Å². The number of hydrogen-bond acceptors (Lipinski definition) is 3. The standard InChI is InChI=1S/C18H26ClN3O/c1-14-11-20(12-16-3-5-17(19)6-4-16)13-18(14)22-9-7-21(8-10-22)15(2)23/h3-6,14,18H,7-13H2,1-2H3/t14-,18+/m1/s1. The molecule has 0 saturated carbocycles. The van der Waals surface area contributed by atoms with E-state index in [1.807, 2.05) is 17.0 Å². The molecule has 2 saturated heterocycles. The van der Waals surface area contributed by atoms with Crippen molar-refractivity contribution < 1.29 is 4.79 Å². The molecular formula is C18H26ClN3O. The van der Waals surface area contributed by atoms with Crippen LogP contribution in [0.4, 0.5) is 0 Å². The van der Waals surface area contributed by atoms with Crippen molar-refractivity contribution >= 4 is 17.5 Å². The Bertz CT molecular complexity index is 540. The van der Waals surface area contributed by atoms with Gasteiger partial charge in [0.2, 0.25) is 5.91 Å². The van der Waals surface area contributed by atoms with Crippen molar-refractivity contribution in [3.8, 4) is 0 Å². The molecule has 5 heteroatoms. The molecule has 126 valence electrons. The van der Waals surface area contributed by atoms with Gasteiger partial charge in [-0.3, -0.25) is 14.6 Å². The molecule has 0 unspecified atom stereocenters. The third kappa shape index (κ3) is 4.06. The lowest BCUT2D eigenvalue weighted by Gasteiger charge is -2.39. The number of nitrogens with zero attached hydrogens (tertiary/aromatic N) is 3. The van der Waals surface area contributed by atoms with Gasteiger partial charge in [0.25, 0.3) is 0 Å². The van der Waals surface area contributed by atoms with E-state index in [4.69, 9.17) is 11.6 Å². The SMILES string of the molecule is CC(=O)N1CCN([C@H]2CN(Cc3ccc(Cl)cc3)C[C@H]2C)CC1. The number of likely N-dealkylation sites (tertiary alicyclic amines) is 1. The van der Waals surface area contributed by atoms with Crippen molar-refractivity contribution in [2.24, 2.45) is 5.92 Å². The minimum atomic E-state index is 0.202. The van der Waals surface area contributed by atoms with Gasteiger partial charge in [0, 0.05) is 63.8 Å². The first kappa shape index (κ1) is 16.7. The Morgan fingerprint density at radius 1 is 1.13 bits per heavy atom. The molecule has 0 aliphatic carbocycles. The van der Waals surface area contributed by atoms with Gasteiger partial charge in [-0.15, -0.1) is 0 Å². The summed E-state index contributed by atoms with van der Waals surface area (Å²) < 4.78 is 0. The molecule has 2 heterocycles. The third-order valence-electron chi connectivity index (χ3n) is 5.20. The number of amides is 1. The number of hydrogen-bond donors (Lipinski definition) is 0. The van der Waals surface area contributed by atoms with Crippen molar-refractivity contribution in [2.45, 2.75) is 26.4 Å². The highest BCUT2D eigenvalue weighted by atomic mass is 35.5. The lowest BCUT2D eigenvalue weighted by Crippen LogP contribution is -2.53. The summed E-state index contributed by atoms with van der Waals surface area (Å²) in [5, 5.41) is 0.796. The Balaban J connectivity index is 1.54. The number of halogens is 1. The lowest BCUT2D eigenvalue weighted by atomic mass is 10.0. The lowest BCUT2D eigenvalue weighted by molar-refractivity contribution is -0.130. The second-order valence-corrected chi connectivity index (χ2v) is 7.34. The van der Waals surface area contributed by atoms with Gasteiger partial charge in [0.15, 0.2) is 0 Å². The zero-order valence-corrected chi connectivity index (χ0v) is 14.8. The molecule has 2 atom stereocenters. The predicted molar refractivity (Wildman–Crippen MR) is 93.5 cm³/mol. The summed E-state index contributed by atoms with van der Waals surface area (Å²) in [4.78, 5) is 18.5. The van der Waals surface area contributed by atoms with Crippen LogP contribution in [0, 0.1) is 5.92 Å². The summed E-state index contributed by atoms with van der Waals surface area (Å²) in [5.41, 5.74) is 1.32. The van der Waals surface area contributed by atoms with Crippen LogP contribution < -0.4 is 0 Å². The summed E-state index contributed by atoms with van der Waals surface area (Å²) in [6.45, 7) is 11.0. The van der Waals surface area contributed by atoms with E-state index in [9.17, 15) is 4.79 Å². The summed E-state index contributed by atoms with van der Waals surface area (Å²) in [7, 11) is 0. The molecule has 1 amide bonds. The summed E-state index contributed by atoms with van der Waals surface area (Å²) in [6.07, 6.45) is 0. The number of rotatable bonds is 3. The van der Waals surface area contributed by atoms with E-state index in [1.165, 1.54) is 5.56 Å². The van der Waals surface area contributed by atoms with E-state index in [2.05, 4.69) is 28.9 Å². The van der Waals surface area contributed by atoms with Crippen LogP contribution in [0.2, 0.25) is 5.02 Å². The van der Waals surface area contributed by atoms with Gasteiger partial charge >= 0.3 is 0 Å². The first-order chi connectivity index (χ1) is 11.0. The average molecular weight is 336 g/mol. The molecule has 0 N–H and O–H groups in total. The molecule has 2 fully saturated rings. The van der Waals surface area contributed by atoms with Crippen LogP contribution in [0.25, 0.3) is 0 Å². The molecule has 0 radical (unpaired) electrons. The fraction of sp³-hybridized carbons (Fsp3) is 0.611. The minimum absolute atomic E-state index is 0.202. The molecule has 1 aromatic carbocycles. The van der Waals surface area contributed by atoms with Gasteiger partial charge in [-0.2, -0.15) is 0 Å². The van der Waals surface area contributed by atoms with E-state index >= 15 is 0 Å². The zero-order chi connectivity index (χ0) is 16.4. The van der Waals surface area contributed by atoms with E-state index in [0.717, 1.165) is 50.8 Å². The van der Waals surface area contributed by atoms with E-state index in [0.29, 0.717) is 12.0 Å². The molecule has 4 nitrogen and oxygen atoms in total. The van der Waals surface area contributed by atoms with Gasteiger partial charge < -0.3 is 4.90 Å². The first-order valence-electron chi connectivity index (χ1n) is 8.49. The Hall–Kier alpha value is -1.10. The van der Waals surface area contributed by atoms with Gasteiger partial charge in [0.1, 0.15) is 0 Å². The number of carbonyl (C=O) groups is 1. The van der Waals surface area contributed by atoms with Gasteiger partial charge in [-0.25, -0.2) is 0 Å². The molecule has 23 heavy (non-hydrogen) atoms. The Labute approximate surface area is 144 Å². The van der Waals surface area contributed by atoms with E-state index < -0.39 is 0 Å². The first-order valence-corrected chi connectivity index (χ1v) is 8.87. The molecule has 2 aliphatic heterocycles. The molecule has 0 bridgehead atoms. The Kier molecular flexibility index (Phi) is 5.24. The van der Waals surface area contributed by atoms with Crippen molar-refractivity contribution in [1.29, 1.82) is 0 Å². The second-order valence-electron chi connectivity index (χ2n) is 6.91. The van der Waals surface area contributed by atoms with Crippen molar-refractivity contribution in [1.82, 2.24) is 14.7 Å². The zero-order valence-electron chi connectivity index (χ0n) is 14.0. The van der Waals surface area contributed by atoms with Crippen molar-refractivity contribution in [3.05, 3.63) is 34.9 Å².